The molecule has 3 aromatic carbocycles. The monoisotopic (exact) mass is 455 g/mol. The third-order valence-electron chi connectivity index (χ3n) is 5.66. The number of piperazine rings is 1. The molecule has 166 valence electrons. The van der Waals surface area contributed by atoms with Gasteiger partial charge in [0, 0.05) is 31.9 Å². The maximum absolute atomic E-state index is 12.8. The van der Waals surface area contributed by atoms with E-state index < -0.39 is 11.7 Å². The number of rotatable bonds is 4. The number of hydrogen-bond acceptors (Lipinski definition) is 2. The molecule has 1 saturated heterocycles. The van der Waals surface area contributed by atoms with Crippen molar-refractivity contribution in [1.29, 1.82) is 0 Å². The number of thiocarbonyl (C=S) groups is 1. The summed E-state index contributed by atoms with van der Waals surface area (Å²) >= 11 is 5.53. The summed E-state index contributed by atoms with van der Waals surface area (Å²) < 4.78 is 38.3. The van der Waals surface area contributed by atoms with Crippen molar-refractivity contribution in [3.8, 4) is 0 Å². The van der Waals surface area contributed by atoms with Crippen molar-refractivity contribution in [2.24, 2.45) is 0 Å². The number of halogens is 3. The van der Waals surface area contributed by atoms with Gasteiger partial charge in [-0.05, 0) is 47.6 Å². The molecule has 3 nitrogen and oxygen atoms in total. The predicted molar refractivity (Wildman–Crippen MR) is 126 cm³/mol. The molecule has 1 aliphatic rings. The summed E-state index contributed by atoms with van der Waals surface area (Å²) in [5.74, 6) is 0. The lowest BCUT2D eigenvalue weighted by atomic mass is 9.96. The van der Waals surface area contributed by atoms with Crippen LogP contribution < -0.4 is 5.32 Å². The van der Waals surface area contributed by atoms with E-state index in [9.17, 15) is 13.2 Å². The van der Waals surface area contributed by atoms with Crippen LogP contribution in [0.4, 0.5) is 18.9 Å². The Morgan fingerprint density at radius 1 is 0.750 bits per heavy atom. The molecule has 0 aliphatic carbocycles. The van der Waals surface area contributed by atoms with E-state index >= 15 is 0 Å². The second-order valence-electron chi connectivity index (χ2n) is 7.75. The molecule has 0 amide bonds. The minimum atomic E-state index is -4.34. The van der Waals surface area contributed by atoms with Crippen molar-refractivity contribution in [2.45, 2.75) is 12.2 Å². The Morgan fingerprint density at radius 3 is 1.72 bits per heavy atom. The highest BCUT2D eigenvalue weighted by Gasteiger charge is 2.30. The third kappa shape index (κ3) is 5.29. The molecule has 0 spiro atoms. The zero-order valence-electron chi connectivity index (χ0n) is 17.4. The molecule has 4 rings (SSSR count). The molecular formula is C25H24F3N3S. The minimum absolute atomic E-state index is 0.163. The second kappa shape index (κ2) is 9.71. The van der Waals surface area contributed by atoms with Gasteiger partial charge in [0.1, 0.15) is 0 Å². The summed E-state index contributed by atoms with van der Waals surface area (Å²) in [7, 11) is 0. The lowest BCUT2D eigenvalue weighted by molar-refractivity contribution is -0.137. The fourth-order valence-corrected chi connectivity index (χ4v) is 4.31. The van der Waals surface area contributed by atoms with Crippen LogP contribution in [0.2, 0.25) is 0 Å². The largest absolute Gasteiger partial charge is 0.416 e. The second-order valence-corrected chi connectivity index (χ2v) is 8.14. The first kappa shape index (κ1) is 22.3. The zero-order chi connectivity index (χ0) is 22.6. The Labute approximate surface area is 191 Å². The van der Waals surface area contributed by atoms with Gasteiger partial charge in [-0.1, -0.05) is 60.7 Å². The summed E-state index contributed by atoms with van der Waals surface area (Å²) in [5.41, 5.74) is 2.38. The standard InChI is InChI=1S/C25H24F3N3S/c26-25(27,28)21-11-13-22(14-12-21)29-24(32)31-17-15-30(16-18-31)23(19-7-3-1-4-8-19)20-9-5-2-6-10-20/h1-14,23H,15-18H2,(H,29,32). The van der Waals surface area contributed by atoms with E-state index in [4.69, 9.17) is 12.2 Å². The van der Waals surface area contributed by atoms with Gasteiger partial charge in [-0.3, -0.25) is 4.90 Å². The van der Waals surface area contributed by atoms with Crippen LogP contribution >= 0.6 is 12.2 Å². The average Bonchev–Trinajstić information content (AvgIpc) is 2.81. The van der Waals surface area contributed by atoms with Crippen molar-refractivity contribution < 1.29 is 13.2 Å². The van der Waals surface area contributed by atoms with Gasteiger partial charge in [0.2, 0.25) is 0 Å². The predicted octanol–water partition coefficient (Wildman–Crippen LogP) is 5.81. The Morgan fingerprint density at radius 2 is 1.25 bits per heavy atom. The topological polar surface area (TPSA) is 18.5 Å². The number of hydrogen-bond donors (Lipinski definition) is 1. The smallest absolute Gasteiger partial charge is 0.346 e. The van der Waals surface area contributed by atoms with Crippen LogP contribution in [0.5, 0.6) is 0 Å². The zero-order valence-corrected chi connectivity index (χ0v) is 18.2. The van der Waals surface area contributed by atoms with Crippen molar-refractivity contribution in [3.05, 3.63) is 102 Å². The highest BCUT2D eigenvalue weighted by atomic mass is 32.1. The molecule has 7 heteroatoms. The van der Waals surface area contributed by atoms with Gasteiger partial charge in [0.15, 0.2) is 5.11 Å². The first-order valence-electron chi connectivity index (χ1n) is 10.5. The van der Waals surface area contributed by atoms with Crippen LogP contribution in [-0.2, 0) is 6.18 Å². The molecule has 1 N–H and O–H groups in total. The third-order valence-corrected chi connectivity index (χ3v) is 6.02. The maximum atomic E-state index is 12.8. The van der Waals surface area contributed by atoms with Gasteiger partial charge in [0.05, 0.1) is 11.6 Å². The van der Waals surface area contributed by atoms with Crippen LogP contribution in [-0.4, -0.2) is 41.1 Å². The molecule has 0 unspecified atom stereocenters. The highest BCUT2D eigenvalue weighted by molar-refractivity contribution is 7.80. The van der Waals surface area contributed by atoms with Gasteiger partial charge in [0.25, 0.3) is 0 Å². The van der Waals surface area contributed by atoms with Crippen molar-refractivity contribution in [3.63, 3.8) is 0 Å². The normalized spacial score (nSPS) is 15.1. The maximum Gasteiger partial charge on any atom is 0.416 e. The lowest BCUT2D eigenvalue weighted by Crippen LogP contribution is -2.50. The van der Waals surface area contributed by atoms with E-state index in [1.165, 1.54) is 23.3 Å². The van der Waals surface area contributed by atoms with E-state index in [2.05, 4.69) is 63.6 Å². The Hall–Kier alpha value is -2.90. The highest BCUT2D eigenvalue weighted by Crippen LogP contribution is 2.31. The van der Waals surface area contributed by atoms with Gasteiger partial charge in [-0.25, -0.2) is 0 Å². The molecule has 0 atom stereocenters. The Balaban J connectivity index is 1.40. The molecule has 1 aliphatic heterocycles. The van der Waals surface area contributed by atoms with E-state index in [-0.39, 0.29) is 6.04 Å². The van der Waals surface area contributed by atoms with Gasteiger partial charge < -0.3 is 10.2 Å². The quantitative estimate of drug-likeness (QED) is 0.500. The summed E-state index contributed by atoms with van der Waals surface area (Å²) in [6, 6.07) is 26.0. The lowest BCUT2D eigenvalue weighted by Gasteiger charge is -2.40. The number of anilines is 1. The fraction of sp³-hybridized carbons (Fsp3) is 0.240. The molecule has 0 radical (unpaired) electrons. The van der Waals surface area contributed by atoms with Crippen LogP contribution in [0.25, 0.3) is 0 Å². The van der Waals surface area contributed by atoms with E-state index in [0.717, 1.165) is 38.3 Å². The molecular weight excluding hydrogens is 431 g/mol. The molecule has 0 bridgehead atoms. The first-order valence-corrected chi connectivity index (χ1v) is 10.9. The Kier molecular flexibility index (Phi) is 6.77. The van der Waals surface area contributed by atoms with Crippen LogP contribution in [0.3, 0.4) is 0 Å². The first-order chi connectivity index (χ1) is 15.4. The molecule has 1 fully saturated rings. The molecule has 0 saturated carbocycles. The number of nitrogens with one attached hydrogen (secondary N) is 1. The van der Waals surface area contributed by atoms with E-state index in [1.54, 1.807) is 0 Å². The number of nitrogens with zero attached hydrogens (tertiary/aromatic N) is 2. The fourth-order valence-electron chi connectivity index (χ4n) is 4.01. The van der Waals surface area contributed by atoms with Crippen molar-refractivity contribution in [1.82, 2.24) is 9.80 Å². The average molecular weight is 456 g/mol. The summed E-state index contributed by atoms with van der Waals surface area (Å²) in [4.78, 5) is 4.51. The van der Waals surface area contributed by atoms with E-state index in [1.807, 2.05) is 12.1 Å². The summed E-state index contributed by atoms with van der Waals surface area (Å²) in [6.45, 7) is 3.12. The number of benzene rings is 3. The summed E-state index contributed by atoms with van der Waals surface area (Å²) in [5, 5.41) is 3.60. The van der Waals surface area contributed by atoms with Crippen LogP contribution in [0.1, 0.15) is 22.7 Å². The molecule has 0 aromatic heterocycles. The molecule has 1 heterocycles. The molecule has 32 heavy (non-hydrogen) atoms. The van der Waals surface area contributed by atoms with Gasteiger partial charge >= 0.3 is 6.18 Å². The number of alkyl halides is 3. The summed E-state index contributed by atoms with van der Waals surface area (Å²) in [6.07, 6.45) is -4.34. The SMILES string of the molecule is FC(F)(F)c1ccc(NC(=S)N2CCN(C(c3ccccc3)c3ccccc3)CC2)cc1. The van der Waals surface area contributed by atoms with Crippen molar-refractivity contribution >= 4 is 23.0 Å². The molecule has 3 aromatic rings. The van der Waals surface area contributed by atoms with E-state index in [0.29, 0.717) is 10.8 Å². The van der Waals surface area contributed by atoms with Gasteiger partial charge in [-0.15, -0.1) is 0 Å². The van der Waals surface area contributed by atoms with Crippen LogP contribution in [0.15, 0.2) is 84.9 Å². The van der Waals surface area contributed by atoms with Crippen LogP contribution in [0, 0.1) is 0 Å². The van der Waals surface area contributed by atoms with Gasteiger partial charge in [-0.2, -0.15) is 13.2 Å². The minimum Gasteiger partial charge on any atom is -0.346 e. The Bertz CT molecular complexity index is 976. The van der Waals surface area contributed by atoms with Crippen molar-refractivity contribution in [2.75, 3.05) is 31.5 Å².